The molecule has 12 heavy (non-hydrogen) atoms. The fraction of sp³-hybridized carbons (Fsp3) is 1.00. The average Bonchev–Trinajstić information content (AvgIpc) is 1.97. The van der Waals surface area contributed by atoms with Crippen molar-refractivity contribution in [2.75, 3.05) is 25.9 Å². The minimum atomic E-state index is 0.576. The van der Waals surface area contributed by atoms with Crippen LogP contribution in [0.15, 0.2) is 0 Å². The number of hydrogen-bond donors (Lipinski definition) is 1. The highest BCUT2D eigenvalue weighted by molar-refractivity contribution is 7.80. The van der Waals surface area contributed by atoms with Crippen LogP contribution in [0.3, 0.4) is 0 Å². The van der Waals surface area contributed by atoms with E-state index in [1.54, 1.807) is 0 Å². The lowest BCUT2D eigenvalue weighted by Crippen LogP contribution is -2.42. The Kier molecular flexibility index (Phi) is 3.91. The molecule has 0 heterocycles. The van der Waals surface area contributed by atoms with E-state index < -0.39 is 0 Å². The lowest BCUT2D eigenvalue weighted by Gasteiger charge is -2.43. The van der Waals surface area contributed by atoms with Crippen molar-refractivity contribution in [2.45, 2.75) is 32.6 Å². The summed E-state index contributed by atoms with van der Waals surface area (Å²) in [5.74, 6) is 1.07. The first kappa shape index (κ1) is 10.4. The van der Waals surface area contributed by atoms with E-state index in [1.807, 2.05) is 0 Å². The van der Waals surface area contributed by atoms with Gasteiger partial charge in [-0.2, -0.15) is 12.6 Å². The van der Waals surface area contributed by atoms with Gasteiger partial charge in [-0.25, -0.2) is 0 Å². The second-order valence-corrected chi connectivity index (χ2v) is 4.57. The molecule has 0 unspecified atom stereocenters. The van der Waals surface area contributed by atoms with Crippen molar-refractivity contribution < 1.29 is 0 Å². The zero-order valence-corrected chi connectivity index (χ0v) is 9.24. The van der Waals surface area contributed by atoms with E-state index in [-0.39, 0.29) is 0 Å². The van der Waals surface area contributed by atoms with Gasteiger partial charge < -0.3 is 4.90 Å². The van der Waals surface area contributed by atoms with Crippen LogP contribution in [0.2, 0.25) is 0 Å². The molecule has 0 amide bonds. The zero-order valence-electron chi connectivity index (χ0n) is 8.34. The van der Waals surface area contributed by atoms with Gasteiger partial charge in [0.25, 0.3) is 0 Å². The van der Waals surface area contributed by atoms with E-state index in [1.165, 1.54) is 38.8 Å². The van der Waals surface area contributed by atoms with Gasteiger partial charge in [0.15, 0.2) is 0 Å². The Bertz CT molecular complexity index is 126. The number of hydrogen-bond acceptors (Lipinski definition) is 2. The first-order valence-corrected chi connectivity index (χ1v) is 5.65. The monoisotopic (exact) mass is 187 g/mol. The van der Waals surface area contributed by atoms with Crippen LogP contribution in [0.5, 0.6) is 0 Å². The van der Waals surface area contributed by atoms with Crippen LogP contribution in [0.4, 0.5) is 0 Å². The van der Waals surface area contributed by atoms with Gasteiger partial charge in [0.1, 0.15) is 0 Å². The highest BCUT2D eigenvalue weighted by Gasteiger charge is 2.36. The van der Waals surface area contributed by atoms with E-state index in [0.29, 0.717) is 5.41 Å². The van der Waals surface area contributed by atoms with Gasteiger partial charge in [0.2, 0.25) is 0 Å². The van der Waals surface area contributed by atoms with Crippen LogP contribution >= 0.6 is 12.6 Å². The topological polar surface area (TPSA) is 3.24 Å². The van der Waals surface area contributed by atoms with E-state index in [4.69, 9.17) is 0 Å². The SMILES string of the molecule is CCCN(C)CC1(CS)CCC1. The van der Waals surface area contributed by atoms with Crippen molar-refractivity contribution in [1.82, 2.24) is 4.90 Å². The molecule has 0 N–H and O–H groups in total. The number of rotatable bonds is 5. The van der Waals surface area contributed by atoms with Crippen LogP contribution in [-0.4, -0.2) is 30.8 Å². The van der Waals surface area contributed by atoms with Crippen molar-refractivity contribution in [3.05, 3.63) is 0 Å². The Morgan fingerprint density at radius 2 is 2.08 bits per heavy atom. The molecule has 0 bridgehead atoms. The van der Waals surface area contributed by atoms with Crippen molar-refractivity contribution in [1.29, 1.82) is 0 Å². The standard InChI is InChI=1S/C10H21NS/c1-3-7-11(2)8-10(9-12)5-4-6-10/h12H,3-9H2,1-2H3. The minimum Gasteiger partial charge on any atom is -0.306 e. The van der Waals surface area contributed by atoms with E-state index in [0.717, 1.165) is 5.75 Å². The molecule has 72 valence electrons. The summed E-state index contributed by atoms with van der Waals surface area (Å²) in [6.45, 7) is 4.73. The molecule has 1 fully saturated rings. The molecular weight excluding hydrogens is 166 g/mol. The molecule has 0 aromatic rings. The quantitative estimate of drug-likeness (QED) is 0.647. The molecule has 0 atom stereocenters. The molecule has 1 nitrogen and oxygen atoms in total. The Balaban J connectivity index is 2.27. The third kappa shape index (κ3) is 2.40. The summed E-state index contributed by atoms with van der Waals surface area (Å²) < 4.78 is 0. The van der Waals surface area contributed by atoms with Gasteiger partial charge in [-0.1, -0.05) is 13.3 Å². The fourth-order valence-electron chi connectivity index (χ4n) is 2.08. The van der Waals surface area contributed by atoms with Crippen molar-refractivity contribution in [3.63, 3.8) is 0 Å². The van der Waals surface area contributed by atoms with Crippen LogP contribution < -0.4 is 0 Å². The molecule has 0 saturated heterocycles. The molecule has 0 aromatic carbocycles. The van der Waals surface area contributed by atoms with Gasteiger partial charge in [-0.3, -0.25) is 0 Å². The molecule has 1 aliphatic rings. The third-order valence-electron chi connectivity index (χ3n) is 2.96. The smallest absolute Gasteiger partial charge is 0.00427 e. The average molecular weight is 187 g/mol. The van der Waals surface area contributed by atoms with Crippen molar-refractivity contribution in [2.24, 2.45) is 5.41 Å². The van der Waals surface area contributed by atoms with Gasteiger partial charge in [0, 0.05) is 6.54 Å². The highest BCUT2D eigenvalue weighted by atomic mass is 32.1. The maximum absolute atomic E-state index is 4.45. The molecule has 2 heteroatoms. The number of thiol groups is 1. The van der Waals surface area contributed by atoms with Crippen LogP contribution in [0.1, 0.15) is 32.6 Å². The molecular formula is C10H21NS. The Labute approximate surface area is 81.9 Å². The Morgan fingerprint density at radius 1 is 1.42 bits per heavy atom. The third-order valence-corrected chi connectivity index (χ3v) is 3.63. The molecule has 0 aliphatic heterocycles. The summed E-state index contributed by atoms with van der Waals surface area (Å²) in [6.07, 6.45) is 5.47. The maximum Gasteiger partial charge on any atom is 0.00427 e. The fourth-order valence-corrected chi connectivity index (χ4v) is 2.49. The van der Waals surface area contributed by atoms with E-state index in [2.05, 4.69) is 31.5 Å². The molecule has 1 aliphatic carbocycles. The predicted octanol–water partition coefficient (Wildman–Crippen LogP) is 2.43. The van der Waals surface area contributed by atoms with Crippen molar-refractivity contribution >= 4 is 12.6 Å². The van der Waals surface area contributed by atoms with Crippen LogP contribution in [0.25, 0.3) is 0 Å². The first-order chi connectivity index (χ1) is 5.72. The maximum atomic E-state index is 4.45. The largest absolute Gasteiger partial charge is 0.306 e. The lowest BCUT2D eigenvalue weighted by atomic mass is 9.70. The summed E-state index contributed by atoms with van der Waals surface area (Å²) in [7, 11) is 2.23. The van der Waals surface area contributed by atoms with Gasteiger partial charge in [0.05, 0.1) is 0 Å². The molecule has 1 saturated carbocycles. The summed E-state index contributed by atoms with van der Waals surface area (Å²) in [4.78, 5) is 2.45. The summed E-state index contributed by atoms with van der Waals surface area (Å²) in [5, 5.41) is 0. The van der Waals surface area contributed by atoms with Crippen LogP contribution in [0, 0.1) is 5.41 Å². The second kappa shape index (κ2) is 4.52. The van der Waals surface area contributed by atoms with Gasteiger partial charge in [-0.05, 0) is 44.0 Å². The summed E-state index contributed by atoms with van der Waals surface area (Å²) in [6, 6.07) is 0. The normalized spacial score (nSPS) is 21.0. The zero-order chi connectivity index (χ0) is 9.03. The lowest BCUT2D eigenvalue weighted by molar-refractivity contribution is 0.105. The number of nitrogens with zero attached hydrogens (tertiary/aromatic N) is 1. The molecule has 0 aromatic heterocycles. The molecule has 0 radical (unpaired) electrons. The summed E-state index contributed by atoms with van der Waals surface area (Å²) in [5.41, 5.74) is 0.576. The van der Waals surface area contributed by atoms with Crippen LogP contribution in [-0.2, 0) is 0 Å². The Morgan fingerprint density at radius 3 is 2.42 bits per heavy atom. The second-order valence-electron chi connectivity index (χ2n) is 4.25. The van der Waals surface area contributed by atoms with E-state index in [9.17, 15) is 0 Å². The van der Waals surface area contributed by atoms with E-state index >= 15 is 0 Å². The Hall–Kier alpha value is 0.310. The highest BCUT2D eigenvalue weighted by Crippen LogP contribution is 2.42. The first-order valence-electron chi connectivity index (χ1n) is 5.02. The van der Waals surface area contributed by atoms with Gasteiger partial charge >= 0.3 is 0 Å². The predicted molar refractivity (Wildman–Crippen MR) is 57.9 cm³/mol. The molecule has 0 spiro atoms. The van der Waals surface area contributed by atoms with Gasteiger partial charge in [-0.15, -0.1) is 0 Å². The molecule has 1 rings (SSSR count). The van der Waals surface area contributed by atoms with Crippen molar-refractivity contribution in [3.8, 4) is 0 Å². The minimum absolute atomic E-state index is 0.576. The summed E-state index contributed by atoms with van der Waals surface area (Å²) >= 11 is 4.45.